The first kappa shape index (κ1) is 37.2. The van der Waals surface area contributed by atoms with E-state index in [1.165, 1.54) is 180 Å². The lowest BCUT2D eigenvalue weighted by Crippen LogP contribution is -2.02. The molecule has 0 aromatic carbocycles. The van der Waals surface area contributed by atoms with Gasteiger partial charge < -0.3 is 4.74 Å². The largest absolute Gasteiger partial charge is 0.463 e. The fraction of sp³-hybridized carbons (Fsp3) is 0.917. The van der Waals surface area contributed by atoms with Gasteiger partial charge in [0.15, 0.2) is 0 Å². The van der Waals surface area contributed by atoms with Crippen LogP contribution in [0.25, 0.3) is 0 Å². The molecular weight excluding hydrogens is 464 g/mol. The van der Waals surface area contributed by atoms with Crippen LogP contribution in [-0.2, 0) is 9.53 Å². The monoisotopic (exact) mass is 535 g/mol. The van der Waals surface area contributed by atoms with Crippen LogP contribution in [-0.4, -0.2) is 12.6 Å². The van der Waals surface area contributed by atoms with Crippen molar-refractivity contribution in [3.8, 4) is 0 Å². The number of carbonyl (C=O) groups is 1. The van der Waals surface area contributed by atoms with Gasteiger partial charge >= 0.3 is 5.97 Å². The molecule has 0 rings (SSSR count). The average molecular weight is 535 g/mol. The van der Waals surface area contributed by atoms with Crippen molar-refractivity contribution < 1.29 is 9.53 Å². The summed E-state index contributed by atoms with van der Waals surface area (Å²) in [6, 6.07) is 0. The molecule has 0 saturated carbocycles. The van der Waals surface area contributed by atoms with Gasteiger partial charge in [-0.25, -0.2) is 4.79 Å². The Labute approximate surface area is 240 Å². The molecule has 0 unspecified atom stereocenters. The van der Waals surface area contributed by atoms with E-state index >= 15 is 0 Å². The quantitative estimate of drug-likeness (QED) is 0.0487. The molecule has 0 spiro atoms. The topological polar surface area (TPSA) is 26.3 Å². The zero-order valence-corrected chi connectivity index (χ0v) is 26.4. The predicted octanol–water partition coefficient (Wildman–Crippen LogP) is 12.8. The van der Waals surface area contributed by atoms with Crippen LogP contribution in [0.15, 0.2) is 12.2 Å². The summed E-state index contributed by atoms with van der Waals surface area (Å²) in [6.45, 7) is 5.16. The summed E-state index contributed by atoms with van der Waals surface area (Å²) >= 11 is 0. The fourth-order valence-electron chi connectivity index (χ4n) is 5.33. The van der Waals surface area contributed by atoms with Crippen LogP contribution in [0.2, 0.25) is 0 Å². The van der Waals surface area contributed by atoms with E-state index in [1.54, 1.807) is 6.08 Å². The minimum Gasteiger partial charge on any atom is -0.463 e. The number of hydrogen-bond donors (Lipinski definition) is 0. The third-order valence-electron chi connectivity index (χ3n) is 7.97. The zero-order chi connectivity index (χ0) is 27.6. The maximum atomic E-state index is 11.8. The third kappa shape index (κ3) is 33.2. The van der Waals surface area contributed by atoms with Gasteiger partial charge in [-0.05, 0) is 19.3 Å². The maximum absolute atomic E-state index is 11.8. The molecule has 0 aromatic heterocycles. The Hall–Kier alpha value is -0.790. The first-order chi connectivity index (χ1) is 18.8. The lowest BCUT2D eigenvalue weighted by atomic mass is 10.0. The van der Waals surface area contributed by atoms with Gasteiger partial charge in [0, 0.05) is 6.08 Å². The second kappa shape index (κ2) is 34.2. The number of ether oxygens (including phenoxy) is 1. The van der Waals surface area contributed by atoms with Crippen LogP contribution in [0, 0.1) is 0 Å². The highest BCUT2D eigenvalue weighted by Crippen LogP contribution is 2.15. The van der Waals surface area contributed by atoms with Gasteiger partial charge in [-0.3, -0.25) is 0 Å². The number of unbranched alkanes of at least 4 members (excludes halogenated alkanes) is 28. The fourth-order valence-corrected chi connectivity index (χ4v) is 5.33. The van der Waals surface area contributed by atoms with Crippen LogP contribution in [0.3, 0.4) is 0 Å². The van der Waals surface area contributed by atoms with Crippen molar-refractivity contribution in [2.75, 3.05) is 6.61 Å². The van der Waals surface area contributed by atoms with Crippen molar-refractivity contribution >= 4 is 5.97 Å². The van der Waals surface area contributed by atoms with Crippen molar-refractivity contribution in [1.29, 1.82) is 0 Å². The zero-order valence-electron chi connectivity index (χ0n) is 26.4. The van der Waals surface area contributed by atoms with Gasteiger partial charge in [-0.1, -0.05) is 193 Å². The van der Waals surface area contributed by atoms with Gasteiger partial charge in [-0.2, -0.15) is 0 Å². The minimum absolute atomic E-state index is 0.152. The van der Waals surface area contributed by atoms with Gasteiger partial charge in [0.05, 0.1) is 6.61 Å². The molecule has 0 aliphatic heterocycles. The van der Waals surface area contributed by atoms with E-state index in [0.29, 0.717) is 6.61 Å². The molecule has 0 aliphatic rings. The number of hydrogen-bond acceptors (Lipinski definition) is 2. The summed E-state index contributed by atoms with van der Waals surface area (Å²) in [5, 5.41) is 0. The highest BCUT2D eigenvalue weighted by molar-refractivity contribution is 5.81. The van der Waals surface area contributed by atoms with Crippen LogP contribution < -0.4 is 0 Å². The van der Waals surface area contributed by atoms with Gasteiger partial charge in [0.1, 0.15) is 0 Å². The first-order valence-electron chi connectivity index (χ1n) is 17.6. The molecular formula is C36H70O2. The van der Waals surface area contributed by atoms with Crippen LogP contribution >= 0.6 is 0 Å². The molecule has 2 nitrogen and oxygen atoms in total. The Kier molecular flexibility index (Phi) is 33.5. The number of allylic oxidation sites excluding steroid dienone is 1. The second-order valence-corrected chi connectivity index (χ2v) is 11.9. The van der Waals surface area contributed by atoms with Crippen LogP contribution in [0.5, 0.6) is 0 Å². The number of carbonyl (C=O) groups excluding carboxylic acids is 1. The van der Waals surface area contributed by atoms with Crippen molar-refractivity contribution in [2.24, 2.45) is 0 Å². The molecule has 0 atom stereocenters. The van der Waals surface area contributed by atoms with Crippen LogP contribution in [0.1, 0.15) is 206 Å². The molecule has 226 valence electrons. The van der Waals surface area contributed by atoms with Crippen molar-refractivity contribution in [1.82, 2.24) is 0 Å². The van der Waals surface area contributed by atoms with Gasteiger partial charge in [0.2, 0.25) is 0 Å². The molecule has 0 radical (unpaired) electrons. The lowest BCUT2D eigenvalue weighted by molar-refractivity contribution is -0.137. The maximum Gasteiger partial charge on any atom is 0.330 e. The Morgan fingerprint density at radius 3 is 1.05 bits per heavy atom. The standard InChI is InChI=1S/C36H70O2/c1-3-5-7-9-11-13-15-17-19-20-21-22-24-26-28-30-32-34-36(37)38-35-33-31-29-27-25-23-18-16-14-12-10-8-6-4-2/h32,34H,3-31,33,35H2,1-2H3/b34-32+. The molecule has 0 amide bonds. The smallest absolute Gasteiger partial charge is 0.330 e. The van der Waals surface area contributed by atoms with E-state index in [0.717, 1.165) is 12.8 Å². The van der Waals surface area contributed by atoms with Crippen LogP contribution in [0.4, 0.5) is 0 Å². The number of rotatable bonds is 32. The molecule has 0 saturated heterocycles. The van der Waals surface area contributed by atoms with E-state index in [-0.39, 0.29) is 5.97 Å². The Balaban J connectivity index is 3.21. The van der Waals surface area contributed by atoms with E-state index in [2.05, 4.69) is 13.8 Å². The molecule has 0 fully saturated rings. The van der Waals surface area contributed by atoms with Crippen molar-refractivity contribution in [3.63, 3.8) is 0 Å². The normalized spacial score (nSPS) is 11.5. The SMILES string of the molecule is CCCCCCCCCCCCCCCCC/C=C/C(=O)OCCCCCCCCCCCCCCCC. The molecule has 2 heteroatoms. The minimum atomic E-state index is -0.152. The molecule has 0 aromatic rings. The molecule has 0 N–H and O–H groups in total. The highest BCUT2D eigenvalue weighted by atomic mass is 16.5. The number of esters is 1. The molecule has 0 bridgehead atoms. The Morgan fingerprint density at radius 1 is 0.421 bits per heavy atom. The molecule has 38 heavy (non-hydrogen) atoms. The molecule has 0 aliphatic carbocycles. The summed E-state index contributed by atoms with van der Waals surface area (Å²) in [7, 11) is 0. The van der Waals surface area contributed by atoms with E-state index in [9.17, 15) is 4.79 Å². The summed E-state index contributed by atoms with van der Waals surface area (Å²) in [5.74, 6) is -0.152. The molecule has 0 heterocycles. The van der Waals surface area contributed by atoms with Gasteiger partial charge in [0.25, 0.3) is 0 Å². The Morgan fingerprint density at radius 2 is 0.711 bits per heavy atom. The summed E-state index contributed by atoms with van der Waals surface area (Å²) in [4.78, 5) is 11.8. The van der Waals surface area contributed by atoms with Crippen molar-refractivity contribution in [2.45, 2.75) is 206 Å². The Bertz CT molecular complexity index is 470. The second-order valence-electron chi connectivity index (χ2n) is 11.9. The lowest BCUT2D eigenvalue weighted by Gasteiger charge is -2.04. The average Bonchev–Trinajstić information content (AvgIpc) is 2.92. The third-order valence-corrected chi connectivity index (χ3v) is 7.97. The van der Waals surface area contributed by atoms with E-state index in [4.69, 9.17) is 4.74 Å². The summed E-state index contributed by atoms with van der Waals surface area (Å²) < 4.78 is 5.35. The predicted molar refractivity (Wildman–Crippen MR) is 170 cm³/mol. The van der Waals surface area contributed by atoms with E-state index < -0.39 is 0 Å². The summed E-state index contributed by atoms with van der Waals surface area (Å²) in [6.07, 6.45) is 44.5. The van der Waals surface area contributed by atoms with Gasteiger partial charge in [-0.15, -0.1) is 0 Å². The highest BCUT2D eigenvalue weighted by Gasteiger charge is 1.98. The summed E-state index contributed by atoms with van der Waals surface area (Å²) in [5.41, 5.74) is 0. The van der Waals surface area contributed by atoms with E-state index in [1.807, 2.05) is 6.08 Å². The first-order valence-corrected chi connectivity index (χ1v) is 17.6. The van der Waals surface area contributed by atoms with Crippen molar-refractivity contribution in [3.05, 3.63) is 12.2 Å².